The molecular formula is C13H17N3O5. The maximum Gasteiger partial charge on any atom is 0.333 e. The maximum absolute atomic E-state index is 12.1. The Morgan fingerprint density at radius 3 is 2.05 bits per heavy atom. The van der Waals surface area contributed by atoms with Crippen LogP contribution in [0.2, 0.25) is 0 Å². The average Bonchev–Trinajstić information content (AvgIpc) is 2.47. The molecule has 0 unspecified atom stereocenters. The van der Waals surface area contributed by atoms with Crippen LogP contribution in [0.1, 0.15) is 6.42 Å². The molecule has 0 aliphatic carbocycles. The second-order valence-corrected chi connectivity index (χ2v) is 4.90. The normalized spacial score (nSPS) is 18.9. The van der Waals surface area contributed by atoms with Gasteiger partial charge in [0.1, 0.15) is 6.54 Å². The van der Waals surface area contributed by atoms with Crippen molar-refractivity contribution >= 4 is 17.8 Å². The highest BCUT2D eigenvalue weighted by atomic mass is 16.4. The number of piperazine rings is 1. The van der Waals surface area contributed by atoms with Crippen molar-refractivity contribution in [1.82, 2.24) is 15.1 Å². The van der Waals surface area contributed by atoms with E-state index in [4.69, 9.17) is 10.2 Å². The lowest BCUT2D eigenvalue weighted by Crippen LogP contribution is -2.48. The third-order valence-electron chi connectivity index (χ3n) is 3.36. The second-order valence-electron chi connectivity index (χ2n) is 4.90. The van der Waals surface area contributed by atoms with Gasteiger partial charge in [-0.25, -0.2) is 9.59 Å². The molecule has 3 N–H and O–H groups in total. The summed E-state index contributed by atoms with van der Waals surface area (Å²) in [6.07, 6.45) is 2.48. The van der Waals surface area contributed by atoms with E-state index in [0.717, 1.165) is 13.1 Å². The van der Waals surface area contributed by atoms with E-state index in [1.165, 1.54) is 17.3 Å². The summed E-state index contributed by atoms with van der Waals surface area (Å²) in [5.41, 5.74) is -0.0778. The van der Waals surface area contributed by atoms with Gasteiger partial charge in [-0.15, -0.1) is 0 Å². The Labute approximate surface area is 121 Å². The molecule has 1 amide bonds. The van der Waals surface area contributed by atoms with Crippen LogP contribution in [-0.2, 0) is 14.4 Å². The van der Waals surface area contributed by atoms with E-state index < -0.39 is 11.9 Å². The lowest BCUT2D eigenvalue weighted by Gasteiger charge is -2.30. The van der Waals surface area contributed by atoms with E-state index in [2.05, 4.69) is 5.32 Å². The molecule has 1 fully saturated rings. The lowest BCUT2D eigenvalue weighted by atomic mass is 10.0. The number of rotatable bonds is 4. The van der Waals surface area contributed by atoms with E-state index in [9.17, 15) is 14.4 Å². The van der Waals surface area contributed by atoms with Crippen molar-refractivity contribution in [2.45, 2.75) is 6.42 Å². The Morgan fingerprint density at radius 1 is 1.05 bits per heavy atom. The predicted molar refractivity (Wildman–Crippen MR) is 72.2 cm³/mol. The minimum Gasteiger partial charge on any atom is -0.478 e. The number of amides is 1. The van der Waals surface area contributed by atoms with Crippen molar-refractivity contribution < 1.29 is 24.6 Å². The van der Waals surface area contributed by atoms with Crippen LogP contribution >= 0.6 is 0 Å². The molecule has 8 heteroatoms. The highest BCUT2D eigenvalue weighted by molar-refractivity contribution is 5.94. The van der Waals surface area contributed by atoms with Crippen molar-refractivity contribution in [3.63, 3.8) is 0 Å². The molecule has 0 aromatic carbocycles. The van der Waals surface area contributed by atoms with Gasteiger partial charge in [0.25, 0.3) is 0 Å². The Morgan fingerprint density at radius 2 is 1.57 bits per heavy atom. The van der Waals surface area contributed by atoms with E-state index in [0.29, 0.717) is 13.1 Å². The Balaban J connectivity index is 2.08. The first-order valence-corrected chi connectivity index (χ1v) is 6.59. The molecule has 0 spiro atoms. The third kappa shape index (κ3) is 3.82. The molecule has 2 rings (SSSR count). The first-order chi connectivity index (χ1) is 9.97. The lowest BCUT2D eigenvalue weighted by molar-refractivity contribution is -0.135. The quantitative estimate of drug-likeness (QED) is 0.614. The zero-order chi connectivity index (χ0) is 15.4. The summed E-state index contributed by atoms with van der Waals surface area (Å²) in [6.45, 7) is 2.57. The number of carbonyl (C=O) groups is 3. The van der Waals surface area contributed by atoms with Crippen LogP contribution in [0.25, 0.3) is 0 Å². The van der Waals surface area contributed by atoms with Crippen LogP contribution in [0.15, 0.2) is 23.5 Å². The first-order valence-electron chi connectivity index (χ1n) is 6.59. The standard InChI is InChI=1S/C13H17N3O5/c17-11(16-3-1-14-2-4-16)8-15-6-9(12(18)19)5-10(7-15)13(20)21/h6-7,14H,1-5,8H2,(H,18,19)(H,20,21). The second kappa shape index (κ2) is 6.40. The summed E-state index contributed by atoms with van der Waals surface area (Å²) in [5, 5.41) is 21.2. The van der Waals surface area contributed by atoms with E-state index >= 15 is 0 Å². The molecule has 1 saturated heterocycles. The van der Waals surface area contributed by atoms with Crippen molar-refractivity contribution in [3.8, 4) is 0 Å². The summed E-state index contributed by atoms with van der Waals surface area (Å²) in [5.74, 6) is -2.51. The van der Waals surface area contributed by atoms with Gasteiger partial charge < -0.3 is 25.3 Å². The van der Waals surface area contributed by atoms with Gasteiger partial charge in [-0.3, -0.25) is 4.79 Å². The smallest absolute Gasteiger partial charge is 0.333 e. The van der Waals surface area contributed by atoms with Crippen LogP contribution in [0.4, 0.5) is 0 Å². The van der Waals surface area contributed by atoms with E-state index in [-0.39, 0.29) is 30.0 Å². The predicted octanol–water partition coefficient (Wildman–Crippen LogP) is -0.939. The number of hydrogen-bond donors (Lipinski definition) is 3. The number of hydrogen-bond acceptors (Lipinski definition) is 5. The fourth-order valence-corrected chi connectivity index (χ4v) is 2.26. The molecule has 0 aromatic rings. The zero-order valence-electron chi connectivity index (χ0n) is 11.4. The molecule has 0 radical (unpaired) electrons. The van der Waals surface area contributed by atoms with Gasteiger partial charge in [0, 0.05) is 45.0 Å². The van der Waals surface area contributed by atoms with Crippen molar-refractivity contribution in [3.05, 3.63) is 23.5 Å². The molecule has 8 nitrogen and oxygen atoms in total. The minimum absolute atomic E-state index is 0.0389. The SMILES string of the molecule is O=C(O)C1=CN(CC(=O)N2CCNCC2)C=C(C(=O)O)C1. The number of nitrogens with zero attached hydrogens (tertiary/aromatic N) is 2. The molecule has 2 aliphatic rings. The van der Waals surface area contributed by atoms with Crippen LogP contribution < -0.4 is 5.32 Å². The highest BCUT2D eigenvalue weighted by Gasteiger charge is 2.24. The molecule has 2 heterocycles. The Hall–Kier alpha value is -2.35. The fourth-order valence-electron chi connectivity index (χ4n) is 2.26. The van der Waals surface area contributed by atoms with Crippen molar-refractivity contribution in [1.29, 1.82) is 0 Å². The topological polar surface area (TPSA) is 110 Å². The molecule has 2 aliphatic heterocycles. The summed E-state index contributed by atoms with van der Waals surface area (Å²) < 4.78 is 0. The number of carboxylic acids is 2. The summed E-state index contributed by atoms with van der Waals surface area (Å²) >= 11 is 0. The molecule has 21 heavy (non-hydrogen) atoms. The van der Waals surface area contributed by atoms with Gasteiger partial charge in [-0.2, -0.15) is 0 Å². The summed E-state index contributed by atoms with van der Waals surface area (Å²) in [7, 11) is 0. The van der Waals surface area contributed by atoms with Gasteiger partial charge >= 0.3 is 11.9 Å². The molecule has 0 atom stereocenters. The van der Waals surface area contributed by atoms with Crippen molar-refractivity contribution in [2.24, 2.45) is 0 Å². The summed E-state index contributed by atoms with van der Waals surface area (Å²) in [6, 6.07) is 0. The number of carbonyl (C=O) groups excluding carboxylic acids is 1. The average molecular weight is 295 g/mol. The first kappa shape index (κ1) is 15.0. The van der Waals surface area contributed by atoms with Gasteiger partial charge in [0.2, 0.25) is 5.91 Å². The molecule has 0 aromatic heterocycles. The molecule has 0 saturated carbocycles. The summed E-state index contributed by atoms with van der Waals surface area (Å²) in [4.78, 5) is 37.2. The van der Waals surface area contributed by atoms with Gasteiger partial charge in [0.15, 0.2) is 0 Å². The third-order valence-corrected chi connectivity index (χ3v) is 3.36. The molecule has 0 bridgehead atoms. The minimum atomic E-state index is -1.18. The number of aliphatic carboxylic acids is 2. The molecule has 114 valence electrons. The number of nitrogens with one attached hydrogen (secondary N) is 1. The van der Waals surface area contributed by atoms with Crippen LogP contribution in [0.3, 0.4) is 0 Å². The highest BCUT2D eigenvalue weighted by Crippen LogP contribution is 2.19. The Kier molecular flexibility index (Phi) is 4.59. The zero-order valence-corrected chi connectivity index (χ0v) is 11.4. The van der Waals surface area contributed by atoms with Gasteiger partial charge in [0.05, 0.1) is 11.1 Å². The van der Waals surface area contributed by atoms with Gasteiger partial charge in [-0.05, 0) is 0 Å². The fraction of sp³-hybridized carbons (Fsp3) is 0.462. The van der Waals surface area contributed by atoms with Crippen LogP contribution in [0, 0.1) is 0 Å². The van der Waals surface area contributed by atoms with Crippen LogP contribution in [0.5, 0.6) is 0 Å². The Bertz CT molecular complexity index is 490. The monoisotopic (exact) mass is 295 g/mol. The van der Waals surface area contributed by atoms with Gasteiger partial charge in [-0.1, -0.05) is 0 Å². The maximum atomic E-state index is 12.1. The van der Waals surface area contributed by atoms with Crippen molar-refractivity contribution in [2.75, 3.05) is 32.7 Å². The van der Waals surface area contributed by atoms with E-state index in [1.807, 2.05) is 0 Å². The molecular weight excluding hydrogens is 278 g/mol. The van der Waals surface area contributed by atoms with E-state index in [1.54, 1.807) is 4.90 Å². The number of carboxylic acid groups (broad SMARTS) is 2. The van der Waals surface area contributed by atoms with Crippen LogP contribution in [-0.4, -0.2) is 70.6 Å². The largest absolute Gasteiger partial charge is 0.478 e.